The van der Waals surface area contributed by atoms with E-state index in [1.54, 1.807) is 0 Å². The van der Waals surface area contributed by atoms with Gasteiger partial charge >= 0.3 is 0 Å². The van der Waals surface area contributed by atoms with Crippen LogP contribution in [0.2, 0.25) is 0 Å². The van der Waals surface area contributed by atoms with Crippen LogP contribution in [0.5, 0.6) is 0 Å². The minimum absolute atomic E-state index is 0.0127. The first kappa shape index (κ1) is 15.1. The van der Waals surface area contributed by atoms with Gasteiger partial charge in [0.1, 0.15) is 0 Å². The van der Waals surface area contributed by atoms with Gasteiger partial charge in [0, 0.05) is 29.2 Å². The molecule has 0 aliphatic heterocycles. The second-order valence-electron chi connectivity index (χ2n) is 4.19. The summed E-state index contributed by atoms with van der Waals surface area (Å²) < 4.78 is 0.986. The van der Waals surface area contributed by atoms with Crippen molar-refractivity contribution in [1.82, 2.24) is 5.32 Å². The molecule has 0 radical (unpaired) electrons. The molecule has 5 heteroatoms. The number of benzene rings is 1. The van der Waals surface area contributed by atoms with Crippen LogP contribution >= 0.6 is 15.9 Å². The van der Waals surface area contributed by atoms with Crippen molar-refractivity contribution in [3.63, 3.8) is 0 Å². The summed E-state index contributed by atoms with van der Waals surface area (Å²) in [7, 11) is 0. The average Bonchev–Trinajstić information content (AvgIpc) is 2.32. The Labute approximate surface area is 116 Å². The van der Waals surface area contributed by atoms with E-state index in [4.69, 9.17) is 5.11 Å². The number of hydrogen-bond acceptors (Lipinski definition) is 3. The van der Waals surface area contributed by atoms with E-state index in [1.807, 2.05) is 31.2 Å². The molecule has 0 aromatic heterocycles. The fraction of sp³-hybridized carbons (Fsp3) is 0.462. The van der Waals surface area contributed by atoms with Gasteiger partial charge in [-0.25, -0.2) is 0 Å². The molecule has 0 saturated heterocycles. The monoisotopic (exact) mass is 314 g/mol. The molecule has 1 unspecified atom stereocenters. The van der Waals surface area contributed by atoms with E-state index in [9.17, 15) is 4.79 Å². The van der Waals surface area contributed by atoms with Crippen molar-refractivity contribution in [3.05, 3.63) is 28.7 Å². The maximum atomic E-state index is 11.7. The van der Waals surface area contributed by atoms with Crippen LogP contribution in [0, 0.1) is 0 Å². The van der Waals surface area contributed by atoms with E-state index in [1.165, 1.54) is 0 Å². The minimum Gasteiger partial charge on any atom is -0.396 e. The molecule has 4 nitrogen and oxygen atoms in total. The van der Waals surface area contributed by atoms with Crippen LogP contribution in [0.3, 0.4) is 0 Å². The highest BCUT2D eigenvalue weighted by molar-refractivity contribution is 9.10. The highest BCUT2D eigenvalue weighted by atomic mass is 79.9. The number of amides is 1. The summed E-state index contributed by atoms with van der Waals surface area (Å²) in [6.07, 6.45) is 1.13. The number of aliphatic hydroxyl groups is 1. The van der Waals surface area contributed by atoms with E-state index in [0.717, 1.165) is 16.7 Å². The number of aliphatic hydroxyl groups excluding tert-OH is 1. The predicted octanol–water partition coefficient (Wildman–Crippen LogP) is 2.14. The Balaban J connectivity index is 2.30. The largest absolute Gasteiger partial charge is 0.396 e. The van der Waals surface area contributed by atoms with Crippen molar-refractivity contribution < 1.29 is 9.90 Å². The Kier molecular flexibility index (Phi) is 6.93. The molecular formula is C13H19BrN2O2. The van der Waals surface area contributed by atoms with Gasteiger partial charge in [-0.05, 0) is 44.2 Å². The van der Waals surface area contributed by atoms with Crippen molar-refractivity contribution in [2.45, 2.75) is 25.8 Å². The van der Waals surface area contributed by atoms with E-state index in [0.29, 0.717) is 12.8 Å². The standard InChI is InChI=1S/C13H19BrN2O2/c1-10(15-7-2-8-17)9-13(18)16-12-5-3-11(14)4-6-12/h3-6,10,15,17H,2,7-9H2,1H3,(H,16,18). The van der Waals surface area contributed by atoms with Crippen LogP contribution in [0.4, 0.5) is 5.69 Å². The number of carbonyl (C=O) groups is 1. The van der Waals surface area contributed by atoms with Crippen molar-refractivity contribution in [2.75, 3.05) is 18.5 Å². The normalized spacial score (nSPS) is 12.2. The summed E-state index contributed by atoms with van der Waals surface area (Å²) >= 11 is 3.34. The van der Waals surface area contributed by atoms with Gasteiger partial charge in [0.15, 0.2) is 0 Å². The lowest BCUT2D eigenvalue weighted by molar-refractivity contribution is -0.116. The SMILES string of the molecule is CC(CC(=O)Nc1ccc(Br)cc1)NCCCO. The Hall–Kier alpha value is -0.910. The van der Waals surface area contributed by atoms with Crippen LogP contribution in [-0.2, 0) is 4.79 Å². The Morgan fingerprint density at radius 1 is 1.39 bits per heavy atom. The van der Waals surface area contributed by atoms with Crippen molar-refractivity contribution >= 4 is 27.5 Å². The first-order valence-electron chi connectivity index (χ1n) is 6.01. The summed E-state index contributed by atoms with van der Waals surface area (Å²) in [6.45, 7) is 2.85. The molecule has 1 aromatic carbocycles. The lowest BCUT2D eigenvalue weighted by Gasteiger charge is -2.13. The molecule has 1 amide bonds. The molecular weight excluding hydrogens is 296 g/mol. The van der Waals surface area contributed by atoms with Gasteiger partial charge in [-0.3, -0.25) is 4.79 Å². The molecule has 18 heavy (non-hydrogen) atoms. The van der Waals surface area contributed by atoms with Gasteiger partial charge in [-0.15, -0.1) is 0 Å². The van der Waals surface area contributed by atoms with Gasteiger partial charge in [0.05, 0.1) is 0 Å². The zero-order valence-corrected chi connectivity index (χ0v) is 12.0. The summed E-state index contributed by atoms with van der Waals surface area (Å²) in [4.78, 5) is 11.7. The maximum Gasteiger partial charge on any atom is 0.225 e. The predicted molar refractivity (Wildman–Crippen MR) is 76.6 cm³/mol. The number of hydrogen-bond donors (Lipinski definition) is 3. The van der Waals surface area contributed by atoms with E-state index in [2.05, 4.69) is 26.6 Å². The van der Waals surface area contributed by atoms with Crippen molar-refractivity contribution in [3.8, 4) is 0 Å². The fourth-order valence-electron chi connectivity index (χ4n) is 1.52. The van der Waals surface area contributed by atoms with Crippen LogP contribution in [-0.4, -0.2) is 30.2 Å². The third-order valence-corrected chi connectivity index (χ3v) is 2.98. The molecule has 3 N–H and O–H groups in total. The smallest absolute Gasteiger partial charge is 0.225 e. The zero-order chi connectivity index (χ0) is 13.4. The highest BCUT2D eigenvalue weighted by Gasteiger charge is 2.08. The van der Waals surface area contributed by atoms with Crippen LogP contribution in [0.1, 0.15) is 19.8 Å². The van der Waals surface area contributed by atoms with Gasteiger partial charge in [0.25, 0.3) is 0 Å². The molecule has 0 spiro atoms. The topological polar surface area (TPSA) is 61.4 Å². The van der Waals surface area contributed by atoms with Crippen LogP contribution < -0.4 is 10.6 Å². The molecule has 0 bridgehead atoms. The summed E-state index contributed by atoms with van der Waals surface area (Å²) in [5.74, 6) is -0.0127. The third-order valence-electron chi connectivity index (χ3n) is 2.45. The molecule has 0 aliphatic rings. The highest BCUT2D eigenvalue weighted by Crippen LogP contribution is 2.14. The van der Waals surface area contributed by atoms with Gasteiger partial charge in [-0.1, -0.05) is 15.9 Å². The fourth-order valence-corrected chi connectivity index (χ4v) is 1.79. The zero-order valence-electron chi connectivity index (χ0n) is 10.4. The molecule has 1 rings (SSSR count). The first-order chi connectivity index (χ1) is 8.61. The quantitative estimate of drug-likeness (QED) is 0.676. The summed E-state index contributed by atoms with van der Waals surface area (Å²) in [6, 6.07) is 7.58. The van der Waals surface area contributed by atoms with Gasteiger partial charge < -0.3 is 15.7 Å². The Morgan fingerprint density at radius 2 is 2.06 bits per heavy atom. The van der Waals surface area contributed by atoms with Crippen molar-refractivity contribution in [1.29, 1.82) is 0 Å². The van der Waals surface area contributed by atoms with Gasteiger partial charge in [-0.2, -0.15) is 0 Å². The Bertz CT molecular complexity index is 368. The molecule has 100 valence electrons. The average molecular weight is 315 g/mol. The van der Waals surface area contributed by atoms with Crippen LogP contribution in [0.25, 0.3) is 0 Å². The maximum absolute atomic E-state index is 11.7. The number of anilines is 1. The lowest BCUT2D eigenvalue weighted by atomic mass is 10.2. The third kappa shape index (κ3) is 6.14. The molecule has 0 heterocycles. The molecule has 0 fully saturated rings. The number of halogens is 1. The van der Waals surface area contributed by atoms with E-state index >= 15 is 0 Å². The second kappa shape index (κ2) is 8.24. The molecule has 1 aromatic rings. The molecule has 1 atom stereocenters. The summed E-state index contributed by atoms with van der Waals surface area (Å²) in [5, 5.41) is 14.7. The van der Waals surface area contributed by atoms with E-state index < -0.39 is 0 Å². The van der Waals surface area contributed by atoms with Crippen LogP contribution in [0.15, 0.2) is 28.7 Å². The second-order valence-corrected chi connectivity index (χ2v) is 5.11. The van der Waals surface area contributed by atoms with E-state index in [-0.39, 0.29) is 18.6 Å². The molecule has 0 saturated carbocycles. The first-order valence-corrected chi connectivity index (χ1v) is 6.81. The minimum atomic E-state index is -0.0127. The van der Waals surface area contributed by atoms with Crippen molar-refractivity contribution in [2.24, 2.45) is 0 Å². The van der Waals surface area contributed by atoms with Gasteiger partial charge in [0.2, 0.25) is 5.91 Å². The Morgan fingerprint density at radius 3 is 2.67 bits per heavy atom. The number of rotatable bonds is 7. The number of nitrogens with one attached hydrogen (secondary N) is 2. The lowest BCUT2D eigenvalue weighted by Crippen LogP contribution is -2.31. The summed E-state index contributed by atoms with van der Waals surface area (Å²) in [5.41, 5.74) is 0.797. The molecule has 0 aliphatic carbocycles. The number of carbonyl (C=O) groups excluding carboxylic acids is 1.